The second kappa shape index (κ2) is 11.5. The number of thiophene rings is 1. The van der Waals surface area contributed by atoms with Gasteiger partial charge in [0.25, 0.3) is 0 Å². The maximum atomic E-state index is 6.66. The van der Waals surface area contributed by atoms with Crippen LogP contribution in [0, 0.1) is 0 Å². The van der Waals surface area contributed by atoms with Gasteiger partial charge < -0.3 is 13.7 Å². The van der Waals surface area contributed by atoms with Crippen LogP contribution in [0.1, 0.15) is 0 Å². The molecule has 244 valence electrons. The summed E-state index contributed by atoms with van der Waals surface area (Å²) in [5, 5.41) is 6.81. The molecule has 0 saturated heterocycles. The monoisotopic (exact) mass is 683 g/mol. The summed E-state index contributed by atoms with van der Waals surface area (Å²) in [6, 6.07) is 62.5. The highest BCUT2D eigenvalue weighted by Gasteiger charge is 2.26. The van der Waals surface area contributed by atoms with Crippen molar-refractivity contribution in [1.29, 1.82) is 0 Å². The summed E-state index contributed by atoms with van der Waals surface area (Å²) in [6.45, 7) is 0. The van der Waals surface area contributed by atoms with E-state index in [9.17, 15) is 0 Å². The second-order valence-corrected chi connectivity index (χ2v) is 14.3. The Bertz CT molecular complexity index is 3130. The van der Waals surface area contributed by atoms with Crippen LogP contribution in [0.3, 0.4) is 0 Å². The summed E-state index contributed by atoms with van der Waals surface area (Å²) in [5.41, 5.74) is 11.2. The fourth-order valence-corrected chi connectivity index (χ4v) is 9.17. The van der Waals surface area contributed by atoms with Crippen LogP contribution in [0.2, 0.25) is 0 Å². The number of fused-ring (bicyclic) bond motifs is 9. The third kappa shape index (κ3) is 4.45. The molecule has 0 fully saturated rings. The van der Waals surface area contributed by atoms with Gasteiger partial charge in [-0.3, -0.25) is 0 Å². The van der Waals surface area contributed by atoms with Crippen LogP contribution < -0.4 is 4.90 Å². The Kier molecular flexibility index (Phi) is 6.42. The van der Waals surface area contributed by atoms with Crippen molar-refractivity contribution in [2.24, 2.45) is 0 Å². The minimum absolute atomic E-state index is 0.847. The zero-order valence-electron chi connectivity index (χ0n) is 27.9. The van der Waals surface area contributed by atoms with E-state index in [1.54, 1.807) is 0 Å². The zero-order chi connectivity index (χ0) is 34.2. The molecule has 0 N–H and O–H groups in total. The maximum absolute atomic E-state index is 6.66. The molecule has 0 aliphatic rings. The predicted octanol–water partition coefficient (Wildman–Crippen LogP) is 14.7. The van der Waals surface area contributed by atoms with E-state index in [2.05, 4.69) is 163 Å². The van der Waals surface area contributed by atoms with E-state index in [-0.39, 0.29) is 0 Å². The molecule has 3 heterocycles. The molecule has 3 aromatic heterocycles. The Morgan fingerprint density at radius 1 is 0.385 bits per heavy atom. The highest BCUT2D eigenvalue weighted by Crippen LogP contribution is 2.51. The van der Waals surface area contributed by atoms with Gasteiger partial charge in [-0.2, -0.15) is 0 Å². The van der Waals surface area contributed by atoms with Crippen LogP contribution in [0.25, 0.3) is 86.3 Å². The Balaban J connectivity index is 1.29. The van der Waals surface area contributed by atoms with Crippen LogP contribution in [0.15, 0.2) is 185 Å². The summed E-state index contributed by atoms with van der Waals surface area (Å²) >= 11 is 1.85. The number of rotatable bonds is 5. The average molecular weight is 684 g/mol. The largest absolute Gasteiger partial charge is 0.456 e. The number of benzene rings is 8. The molecule has 0 unspecified atom stereocenters. The smallest absolute Gasteiger partial charge is 0.138 e. The minimum atomic E-state index is 0.847. The van der Waals surface area contributed by atoms with E-state index in [0.717, 1.165) is 72.1 Å². The van der Waals surface area contributed by atoms with E-state index in [4.69, 9.17) is 8.83 Å². The zero-order valence-corrected chi connectivity index (χ0v) is 28.7. The van der Waals surface area contributed by atoms with Crippen LogP contribution >= 0.6 is 11.3 Å². The topological polar surface area (TPSA) is 29.5 Å². The number of nitrogens with zero attached hydrogens (tertiary/aromatic N) is 1. The highest BCUT2D eigenvalue weighted by atomic mass is 32.1. The molecule has 0 atom stereocenters. The SMILES string of the molecule is c1ccc(-c2cc(N(c3ccc4c(c3)oc3ccccc34)c3ccc(-c4ccccc4)c4sc5ccccc5c34)c3c(c2)oc2ccccc23)cc1. The molecular weight excluding hydrogens is 655 g/mol. The van der Waals surface area contributed by atoms with Crippen LogP contribution in [-0.2, 0) is 0 Å². The number of hydrogen-bond donors (Lipinski definition) is 0. The first-order valence-corrected chi connectivity index (χ1v) is 18.3. The Morgan fingerprint density at radius 3 is 1.83 bits per heavy atom. The van der Waals surface area contributed by atoms with Gasteiger partial charge in [0.05, 0.1) is 16.8 Å². The molecule has 0 spiro atoms. The van der Waals surface area contributed by atoms with E-state index >= 15 is 0 Å². The first kappa shape index (κ1) is 29.1. The summed E-state index contributed by atoms with van der Waals surface area (Å²) in [7, 11) is 0. The molecule has 0 aliphatic heterocycles. The molecule has 0 amide bonds. The van der Waals surface area contributed by atoms with Gasteiger partial charge in [0.2, 0.25) is 0 Å². The number of furan rings is 2. The lowest BCUT2D eigenvalue weighted by Crippen LogP contribution is -2.11. The van der Waals surface area contributed by atoms with E-state index in [1.165, 1.54) is 31.3 Å². The molecule has 11 rings (SSSR count). The van der Waals surface area contributed by atoms with Crippen molar-refractivity contribution in [2.45, 2.75) is 0 Å². The fourth-order valence-electron chi connectivity index (χ4n) is 7.91. The number of hydrogen-bond acceptors (Lipinski definition) is 4. The van der Waals surface area contributed by atoms with Crippen molar-refractivity contribution in [2.75, 3.05) is 4.90 Å². The van der Waals surface area contributed by atoms with E-state index in [1.807, 2.05) is 29.5 Å². The lowest BCUT2D eigenvalue weighted by Gasteiger charge is -2.28. The summed E-state index contributed by atoms with van der Waals surface area (Å²) in [5.74, 6) is 0. The lowest BCUT2D eigenvalue weighted by atomic mass is 9.98. The van der Waals surface area contributed by atoms with Crippen molar-refractivity contribution in [3.8, 4) is 22.3 Å². The Hall–Kier alpha value is -6.62. The highest BCUT2D eigenvalue weighted by molar-refractivity contribution is 7.26. The minimum Gasteiger partial charge on any atom is -0.456 e. The van der Waals surface area contributed by atoms with Crippen LogP contribution in [0.4, 0.5) is 17.1 Å². The van der Waals surface area contributed by atoms with Gasteiger partial charge in [-0.15, -0.1) is 11.3 Å². The average Bonchev–Trinajstić information content (AvgIpc) is 3.90. The van der Waals surface area contributed by atoms with Gasteiger partial charge in [0.15, 0.2) is 0 Å². The first-order valence-electron chi connectivity index (χ1n) is 17.5. The van der Waals surface area contributed by atoms with E-state index < -0.39 is 0 Å². The molecule has 0 saturated carbocycles. The molecule has 8 aromatic carbocycles. The van der Waals surface area contributed by atoms with Crippen molar-refractivity contribution >= 4 is 92.4 Å². The molecular formula is C48H29NO2S. The van der Waals surface area contributed by atoms with Crippen molar-refractivity contribution in [3.63, 3.8) is 0 Å². The molecule has 0 bridgehead atoms. The first-order chi connectivity index (χ1) is 25.8. The lowest BCUT2D eigenvalue weighted by molar-refractivity contribution is 0.669. The molecule has 11 aromatic rings. The third-order valence-electron chi connectivity index (χ3n) is 10.3. The maximum Gasteiger partial charge on any atom is 0.138 e. The summed E-state index contributed by atoms with van der Waals surface area (Å²) in [4.78, 5) is 2.43. The van der Waals surface area contributed by atoms with Crippen LogP contribution in [0.5, 0.6) is 0 Å². The molecule has 4 heteroatoms. The predicted molar refractivity (Wildman–Crippen MR) is 219 cm³/mol. The second-order valence-electron chi connectivity index (χ2n) is 13.2. The van der Waals surface area contributed by atoms with Crippen molar-refractivity contribution in [3.05, 3.63) is 176 Å². The molecule has 0 radical (unpaired) electrons. The number of para-hydroxylation sites is 2. The summed E-state index contributed by atoms with van der Waals surface area (Å²) < 4.78 is 15.7. The standard InChI is InChI=1S/C48H29NO2S/c1-3-13-30(14-4-1)32-27-40(46-37-18-8-11-21-42(37)51-44(46)28-32)49(33-23-24-36-35-17-7-10-20-41(35)50-43(36)29-33)39-26-25-34(31-15-5-2-6-16-31)48-47(39)38-19-9-12-22-45(38)52-48/h1-29H. The Labute approximate surface area is 303 Å². The molecule has 0 aliphatic carbocycles. The van der Waals surface area contributed by atoms with Gasteiger partial charge in [0.1, 0.15) is 22.3 Å². The Morgan fingerprint density at radius 2 is 1.02 bits per heavy atom. The fraction of sp³-hybridized carbons (Fsp3) is 0. The quantitative estimate of drug-likeness (QED) is 0.181. The van der Waals surface area contributed by atoms with Gasteiger partial charge >= 0.3 is 0 Å². The molecule has 3 nitrogen and oxygen atoms in total. The van der Waals surface area contributed by atoms with Gasteiger partial charge in [0, 0.05) is 48.1 Å². The van der Waals surface area contributed by atoms with Gasteiger partial charge in [-0.25, -0.2) is 0 Å². The third-order valence-corrected chi connectivity index (χ3v) is 11.5. The van der Waals surface area contributed by atoms with Gasteiger partial charge in [-0.1, -0.05) is 121 Å². The van der Waals surface area contributed by atoms with Crippen molar-refractivity contribution in [1.82, 2.24) is 0 Å². The van der Waals surface area contributed by atoms with Crippen LogP contribution in [-0.4, -0.2) is 0 Å². The molecule has 52 heavy (non-hydrogen) atoms. The number of anilines is 3. The normalized spacial score (nSPS) is 11.8. The van der Waals surface area contributed by atoms with Crippen molar-refractivity contribution < 1.29 is 8.83 Å². The summed E-state index contributed by atoms with van der Waals surface area (Å²) in [6.07, 6.45) is 0. The van der Waals surface area contributed by atoms with E-state index in [0.29, 0.717) is 0 Å². The van der Waals surface area contributed by atoms with Gasteiger partial charge in [-0.05, 0) is 70.8 Å².